The molecule has 0 heterocycles. The number of carboxylic acids is 1. The van der Waals surface area contributed by atoms with Crippen molar-refractivity contribution in [1.29, 1.82) is 0 Å². The van der Waals surface area contributed by atoms with Crippen molar-refractivity contribution < 1.29 is 20.1 Å². The molecule has 0 unspecified atom stereocenters. The third-order valence-electron chi connectivity index (χ3n) is 4.01. The SMILES string of the molecule is O=C(O)C1CCC(CNCc2ccc(O)cc2O)CC1. The van der Waals surface area contributed by atoms with Crippen LogP contribution in [0.15, 0.2) is 18.2 Å². The van der Waals surface area contributed by atoms with Crippen molar-refractivity contribution in [3.63, 3.8) is 0 Å². The first kappa shape index (κ1) is 14.7. The van der Waals surface area contributed by atoms with E-state index in [0.29, 0.717) is 12.5 Å². The summed E-state index contributed by atoms with van der Waals surface area (Å²) in [6.45, 7) is 1.37. The molecular formula is C15H21NO4. The summed E-state index contributed by atoms with van der Waals surface area (Å²) < 4.78 is 0. The number of aromatic hydroxyl groups is 2. The van der Waals surface area contributed by atoms with Gasteiger partial charge in [-0.25, -0.2) is 0 Å². The van der Waals surface area contributed by atoms with E-state index in [2.05, 4.69) is 5.32 Å². The number of benzene rings is 1. The van der Waals surface area contributed by atoms with Crippen LogP contribution >= 0.6 is 0 Å². The minimum atomic E-state index is -0.676. The van der Waals surface area contributed by atoms with E-state index in [0.717, 1.165) is 37.8 Å². The van der Waals surface area contributed by atoms with E-state index in [4.69, 9.17) is 5.11 Å². The zero-order valence-corrected chi connectivity index (χ0v) is 11.4. The topological polar surface area (TPSA) is 89.8 Å². The quantitative estimate of drug-likeness (QED) is 0.662. The van der Waals surface area contributed by atoms with Crippen molar-refractivity contribution in [2.45, 2.75) is 32.2 Å². The summed E-state index contributed by atoms with van der Waals surface area (Å²) in [5, 5.41) is 31.1. The number of carboxylic acid groups (broad SMARTS) is 1. The Morgan fingerprint density at radius 3 is 2.50 bits per heavy atom. The maximum atomic E-state index is 10.9. The molecule has 20 heavy (non-hydrogen) atoms. The molecule has 1 aromatic rings. The molecule has 0 aromatic heterocycles. The molecule has 110 valence electrons. The van der Waals surface area contributed by atoms with Gasteiger partial charge in [-0.15, -0.1) is 0 Å². The third kappa shape index (κ3) is 3.87. The van der Waals surface area contributed by atoms with Crippen LogP contribution in [0.2, 0.25) is 0 Å². The first-order valence-electron chi connectivity index (χ1n) is 7.00. The molecule has 0 radical (unpaired) electrons. The average molecular weight is 279 g/mol. The van der Waals surface area contributed by atoms with Crippen LogP contribution in [0.3, 0.4) is 0 Å². The lowest BCUT2D eigenvalue weighted by Gasteiger charge is -2.26. The summed E-state index contributed by atoms with van der Waals surface area (Å²) in [6, 6.07) is 4.57. The number of phenolic OH excluding ortho intramolecular Hbond substituents is 2. The fourth-order valence-corrected chi connectivity index (χ4v) is 2.73. The highest BCUT2D eigenvalue weighted by molar-refractivity contribution is 5.69. The number of aliphatic carboxylic acids is 1. The van der Waals surface area contributed by atoms with Gasteiger partial charge in [-0.05, 0) is 44.2 Å². The predicted molar refractivity (Wildman–Crippen MR) is 74.6 cm³/mol. The molecule has 1 aromatic carbocycles. The molecule has 0 saturated heterocycles. The van der Waals surface area contributed by atoms with Crippen molar-refractivity contribution in [1.82, 2.24) is 5.32 Å². The van der Waals surface area contributed by atoms with Gasteiger partial charge in [0.15, 0.2) is 0 Å². The zero-order valence-electron chi connectivity index (χ0n) is 11.4. The van der Waals surface area contributed by atoms with E-state index in [1.807, 2.05) is 0 Å². The fraction of sp³-hybridized carbons (Fsp3) is 0.533. The van der Waals surface area contributed by atoms with Crippen molar-refractivity contribution in [3.05, 3.63) is 23.8 Å². The van der Waals surface area contributed by atoms with Gasteiger partial charge in [0.25, 0.3) is 0 Å². The second kappa shape index (κ2) is 6.61. The van der Waals surface area contributed by atoms with Crippen LogP contribution in [0.25, 0.3) is 0 Å². The lowest BCUT2D eigenvalue weighted by molar-refractivity contribution is -0.143. The van der Waals surface area contributed by atoms with Gasteiger partial charge in [0.1, 0.15) is 11.5 Å². The summed E-state index contributed by atoms with van der Waals surface area (Å²) in [6.07, 6.45) is 3.38. The van der Waals surface area contributed by atoms with Crippen LogP contribution in [0, 0.1) is 11.8 Å². The maximum Gasteiger partial charge on any atom is 0.306 e. The van der Waals surface area contributed by atoms with Gasteiger partial charge in [0, 0.05) is 18.2 Å². The highest BCUT2D eigenvalue weighted by Gasteiger charge is 2.25. The number of rotatable bonds is 5. The third-order valence-corrected chi connectivity index (χ3v) is 4.01. The number of carbonyl (C=O) groups is 1. The number of hydrogen-bond acceptors (Lipinski definition) is 4. The fourth-order valence-electron chi connectivity index (χ4n) is 2.73. The monoisotopic (exact) mass is 279 g/mol. The highest BCUT2D eigenvalue weighted by Crippen LogP contribution is 2.28. The average Bonchev–Trinajstić information content (AvgIpc) is 2.42. The smallest absolute Gasteiger partial charge is 0.306 e. The second-order valence-corrected chi connectivity index (χ2v) is 5.50. The Labute approximate surface area is 118 Å². The molecule has 1 aliphatic rings. The number of phenols is 2. The molecule has 0 atom stereocenters. The van der Waals surface area contributed by atoms with Crippen LogP contribution in [-0.4, -0.2) is 27.8 Å². The van der Waals surface area contributed by atoms with Crippen LogP contribution in [0.5, 0.6) is 11.5 Å². The normalized spacial score (nSPS) is 22.6. The molecule has 1 aliphatic carbocycles. The van der Waals surface area contributed by atoms with Gasteiger partial charge in [-0.3, -0.25) is 4.79 Å². The minimum Gasteiger partial charge on any atom is -0.508 e. The zero-order chi connectivity index (χ0) is 14.5. The molecule has 0 aliphatic heterocycles. The Morgan fingerprint density at radius 1 is 1.20 bits per heavy atom. The van der Waals surface area contributed by atoms with E-state index < -0.39 is 5.97 Å². The summed E-state index contributed by atoms with van der Waals surface area (Å²) >= 11 is 0. The van der Waals surface area contributed by atoms with E-state index in [1.165, 1.54) is 6.07 Å². The predicted octanol–water partition coefficient (Wildman–Crippen LogP) is 2.08. The Hall–Kier alpha value is -1.75. The molecule has 0 amide bonds. The molecule has 2 rings (SSSR count). The van der Waals surface area contributed by atoms with Gasteiger partial charge < -0.3 is 20.6 Å². The molecule has 0 bridgehead atoms. The summed E-state index contributed by atoms with van der Waals surface area (Å²) in [7, 11) is 0. The molecule has 5 heteroatoms. The summed E-state index contributed by atoms with van der Waals surface area (Å²) in [5.74, 6) is -0.201. The Balaban J connectivity index is 1.73. The molecule has 0 spiro atoms. The van der Waals surface area contributed by atoms with Crippen molar-refractivity contribution in [2.24, 2.45) is 11.8 Å². The lowest BCUT2D eigenvalue weighted by Crippen LogP contribution is -2.28. The van der Waals surface area contributed by atoms with E-state index in [-0.39, 0.29) is 17.4 Å². The molecule has 5 nitrogen and oxygen atoms in total. The minimum absolute atomic E-state index is 0.0539. The van der Waals surface area contributed by atoms with Crippen molar-refractivity contribution >= 4 is 5.97 Å². The van der Waals surface area contributed by atoms with Gasteiger partial charge >= 0.3 is 5.97 Å². The van der Waals surface area contributed by atoms with Crippen molar-refractivity contribution in [3.8, 4) is 11.5 Å². The Morgan fingerprint density at radius 2 is 1.90 bits per heavy atom. The van der Waals surface area contributed by atoms with E-state index >= 15 is 0 Å². The van der Waals surface area contributed by atoms with Gasteiger partial charge in [0.05, 0.1) is 5.92 Å². The highest BCUT2D eigenvalue weighted by atomic mass is 16.4. The summed E-state index contributed by atoms with van der Waals surface area (Å²) in [4.78, 5) is 10.9. The standard InChI is InChI=1S/C15H21NO4/c17-13-6-5-12(14(18)7-13)9-16-8-10-1-3-11(4-2-10)15(19)20/h5-7,10-11,16-18H,1-4,8-9H2,(H,19,20). The van der Waals surface area contributed by atoms with Gasteiger partial charge in [0.2, 0.25) is 0 Å². The lowest BCUT2D eigenvalue weighted by atomic mass is 9.82. The largest absolute Gasteiger partial charge is 0.508 e. The van der Waals surface area contributed by atoms with Crippen molar-refractivity contribution in [2.75, 3.05) is 6.54 Å². The second-order valence-electron chi connectivity index (χ2n) is 5.50. The first-order valence-corrected chi connectivity index (χ1v) is 7.00. The van der Waals surface area contributed by atoms with Crippen LogP contribution in [-0.2, 0) is 11.3 Å². The molecule has 1 fully saturated rings. The Bertz CT molecular complexity index is 467. The molecular weight excluding hydrogens is 258 g/mol. The summed E-state index contributed by atoms with van der Waals surface area (Å²) in [5.41, 5.74) is 0.752. The maximum absolute atomic E-state index is 10.9. The molecule has 1 saturated carbocycles. The number of nitrogens with one attached hydrogen (secondary N) is 1. The van der Waals surface area contributed by atoms with E-state index in [9.17, 15) is 15.0 Å². The number of hydrogen-bond donors (Lipinski definition) is 4. The van der Waals surface area contributed by atoms with Crippen LogP contribution < -0.4 is 5.32 Å². The van der Waals surface area contributed by atoms with Crippen LogP contribution in [0.1, 0.15) is 31.2 Å². The first-order chi connectivity index (χ1) is 9.56. The van der Waals surface area contributed by atoms with Gasteiger partial charge in [-0.1, -0.05) is 6.07 Å². The van der Waals surface area contributed by atoms with Crippen LogP contribution in [0.4, 0.5) is 0 Å². The molecule has 4 N–H and O–H groups in total. The Kier molecular flexibility index (Phi) is 4.84. The van der Waals surface area contributed by atoms with Gasteiger partial charge in [-0.2, -0.15) is 0 Å². The van der Waals surface area contributed by atoms with E-state index in [1.54, 1.807) is 12.1 Å².